The molecule has 0 fully saturated rings. The normalized spacial score (nSPS) is 13.7. The molecular weight excluding hydrogens is 222 g/mol. The Kier molecular flexibility index (Phi) is 1.88. The van der Waals surface area contributed by atoms with E-state index in [0.29, 0.717) is 0 Å². The minimum atomic E-state index is 0.924. The van der Waals surface area contributed by atoms with Crippen LogP contribution in [-0.2, 0) is 6.42 Å². The number of allylic oxidation sites excluding steroid dienone is 1. The third-order valence-electron chi connectivity index (χ3n) is 3.38. The van der Waals surface area contributed by atoms with E-state index in [2.05, 4.69) is 34.4 Å². The SMILES string of the molecule is C1=C(c2ccc3nccn3c2)c2cccnc2C1. The number of pyridine rings is 2. The number of hydrogen-bond donors (Lipinski definition) is 0. The molecule has 1 aliphatic rings. The van der Waals surface area contributed by atoms with E-state index in [4.69, 9.17) is 0 Å². The van der Waals surface area contributed by atoms with Gasteiger partial charge in [0, 0.05) is 36.8 Å². The van der Waals surface area contributed by atoms with Crippen LogP contribution in [0.15, 0.2) is 55.1 Å². The highest BCUT2D eigenvalue weighted by Gasteiger charge is 2.16. The van der Waals surface area contributed by atoms with Crippen LogP contribution in [0.2, 0.25) is 0 Å². The van der Waals surface area contributed by atoms with E-state index in [1.807, 2.05) is 35.1 Å². The van der Waals surface area contributed by atoms with E-state index < -0.39 is 0 Å². The van der Waals surface area contributed by atoms with Crippen LogP contribution in [0, 0.1) is 0 Å². The summed E-state index contributed by atoms with van der Waals surface area (Å²) in [5.41, 5.74) is 5.87. The van der Waals surface area contributed by atoms with E-state index in [0.717, 1.165) is 12.1 Å². The number of rotatable bonds is 1. The molecule has 3 heteroatoms. The van der Waals surface area contributed by atoms with Gasteiger partial charge in [0.2, 0.25) is 0 Å². The molecule has 0 saturated heterocycles. The summed E-state index contributed by atoms with van der Waals surface area (Å²) in [6.07, 6.45) is 10.9. The highest BCUT2D eigenvalue weighted by atomic mass is 15.0. The van der Waals surface area contributed by atoms with Gasteiger partial charge in [-0.2, -0.15) is 0 Å². The predicted molar refractivity (Wildman–Crippen MR) is 70.2 cm³/mol. The van der Waals surface area contributed by atoms with E-state index in [-0.39, 0.29) is 0 Å². The molecule has 3 aromatic rings. The molecule has 3 nitrogen and oxygen atoms in total. The summed E-state index contributed by atoms with van der Waals surface area (Å²) in [4.78, 5) is 8.68. The first-order valence-corrected chi connectivity index (χ1v) is 5.99. The van der Waals surface area contributed by atoms with Gasteiger partial charge in [-0.25, -0.2) is 4.98 Å². The van der Waals surface area contributed by atoms with Gasteiger partial charge in [0.25, 0.3) is 0 Å². The molecule has 0 unspecified atom stereocenters. The van der Waals surface area contributed by atoms with Gasteiger partial charge in [-0.3, -0.25) is 4.98 Å². The molecule has 0 N–H and O–H groups in total. The first-order valence-electron chi connectivity index (χ1n) is 5.99. The third-order valence-corrected chi connectivity index (χ3v) is 3.38. The molecule has 0 radical (unpaired) electrons. The fourth-order valence-electron chi connectivity index (χ4n) is 2.51. The van der Waals surface area contributed by atoms with Crippen molar-refractivity contribution in [2.24, 2.45) is 0 Å². The second kappa shape index (κ2) is 3.53. The van der Waals surface area contributed by atoms with Crippen LogP contribution in [0.25, 0.3) is 11.2 Å². The Balaban J connectivity index is 1.89. The molecule has 0 amide bonds. The molecule has 1 aliphatic carbocycles. The average molecular weight is 233 g/mol. The van der Waals surface area contributed by atoms with Gasteiger partial charge in [0.1, 0.15) is 5.65 Å². The highest BCUT2D eigenvalue weighted by molar-refractivity contribution is 5.83. The Morgan fingerprint density at radius 2 is 2.06 bits per heavy atom. The van der Waals surface area contributed by atoms with Gasteiger partial charge in [-0.15, -0.1) is 0 Å². The number of hydrogen-bond acceptors (Lipinski definition) is 2. The number of aromatic nitrogens is 3. The van der Waals surface area contributed by atoms with Gasteiger partial charge in [0.15, 0.2) is 0 Å². The largest absolute Gasteiger partial charge is 0.306 e. The number of nitrogens with zero attached hydrogens (tertiary/aromatic N) is 3. The number of fused-ring (bicyclic) bond motifs is 2. The average Bonchev–Trinajstić information content (AvgIpc) is 3.04. The highest BCUT2D eigenvalue weighted by Crippen LogP contribution is 2.31. The molecular formula is C15H11N3. The van der Waals surface area contributed by atoms with Crippen molar-refractivity contribution in [2.45, 2.75) is 6.42 Å². The Hall–Kier alpha value is -2.42. The number of imidazole rings is 1. The summed E-state index contributed by atoms with van der Waals surface area (Å²) < 4.78 is 2.05. The second-order valence-corrected chi connectivity index (χ2v) is 4.43. The maximum atomic E-state index is 4.42. The van der Waals surface area contributed by atoms with Crippen molar-refractivity contribution in [3.05, 3.63) is 71.9 Å². The van der Waals surface area contributed by atoms with Crippen LogP contribution < -0.4 is 0 Å². The predicted octanol–water partition coefficient (Wildman–Crippen LogP) is 2.72. The maximum Gasteiger partial charge on any atom is 0.136 e. The quantitative estimate of drug-likeness (QED) is 0.647. The zero-order valence-electron chi connectivity index (χ0n) is 9.74. The van der Waals surface area contributed by atoms with E-state index in [9.17, 15) is 0 Å². The molecule has 4 rings (SSSR count). The minimum Gasteiger partial charge on any atom is -0.306 e. The van der Waals surface area contributed by atoms with Crippen molar-refractivity contribution in [3.8, 4) is 0 Å². The fourth-order valence-corrected chi connectivity index (χ4v) is 2.51. The Bertz CT molecular complexity index is 768. The van der Waals surface area contributed by atoms with Crippen molar-refractivity contribution in [1.29, 1.82) is 0 Å². The lowest BCUT2D eigenvalue weighted by Crippen LogP contribution is -1.92. The van der Waals surface area contributed by atoms with E-state index in [1.54, 1.807) is 0 Å². The smallest absolute Gasteiger partial charge is 0.136 e. The monoisotopic (exact) mass is 233 g/mol. The standard InChI is InChI=1S/C15H11N3/c1-2-13-12(4-5-14(13)16-7-1)11-3-6-15-17-8-9-18(15)10-11/h1-4,6-10H,5H2. The first-order chi connectivity index (χ1) is 8.92. The molecule has 0 atom stereocenters. The Labute approximate surface area is 104 Å². The summed E-state index contributed by atoms with van der Waals surface area (Å²) >= 11 is 0. The lowest BCUT2D eigenvalue weighted by Gasteiger charge is -2.06. The van der Waals surface area contributed by atoms with Crippen molar-refractivity contribution in [1.82, 2.24) is 14.4 Å². The third kappa shape index (κ3) is 1.31. The summed E-state index contributed by atoms with van der Waals surface area (Å²) in [6, 6.07) is 8.30. The lowest BCUT2D eigenvalue weighted by molar-refractivity contribution is 1.13. The van der Waals surface area contributed by atoms with Crippen molar-refractivity contribution in [3.63, 3.8) is 0 Å². The van der Waals surface area contributed by atoms with Gasteiger partial charge in [0.05, 0.1) is 5.69 Å². The molecule has 86 valence electrons. The molecule has 0 spiro atoms. The Morgan fingerprint density at radius 3 is 3.06 bits per heavy atom. The van der Waals surface area contributed by atoms with Gasteiger partial charge in [-0.1, -0.05) is 12.1 Å². The second-order valence-electron chi connectivity index (χ2n) is 4.43. The topological polar surface area (TPSA) is 30.2 Å². The van der Waals surface area contributed by atoms with E-state index in [1.165, 1.54) is 22.4 Å². The molecule has 18 heavy (non-hydrogen) atoms. The summed E-state index contributed by atoms with van der Waals surface area (Å²) in [7, 11) is 0. The van der Waals surface area contributed by atoms with Gasteiger partial charge < -0.3 is 4.40 Å². The van der Waals surface area contributed by atoms with E-state index >= 15 is 0 Å². The van der Waals surface area contributed by atoms with Gasteiger partial charge >= 0.3 is 0 Å². The van der Waals surface area contributed by atoms with Crippen LogP contribution in [0.3, 0.4) is 0 Å². The summed E-state index contributed by atoms with van der Waals surface area (Å²) in [5, 5.41) is 0. The zero-order chi connectivity index (χ0) is 11.9. The minimum absolute atomic E-state index is 0.924. The summed E-state index contributed by atoms with van der Waals surface area (Å²) in [6.45, 7) is 0. The lowest BCUT2D eigenvalue weighted by atomic mass is 10.0. The van der Waals surface area contributed by atoms with Crippen LogP contribution in [-0.4, -0.2) is 14.4 Å². The van der Waals surface area contributed by atoms with Crippen molar-refractivity contribution in [2.75, 3.05) is 0 Å². The van der Waals surface area contributed by atoms with Crippen LogP contribution in [0.1, 0.15) is 16.8 Å². The van der Waals surface area contributed by atoms with Crippen molar-refractivity contribution < 1.29 is 0 Å². The van der Waals surface area contributed by atoms with Crippen LogP contribution >= 0.6 is 0 Å². The zero-order valence-corrected chi connectivity index (χ0v) is 9.74. The summed E-state index contributed by atoms with van der Waals surface area (Å²) in [5.74, 6) is 0. The molecule has 3 aromatic heterocycles. The molecule has 3 heterocycles. The van der Waals surface area contributed by atoms with Crippen LogP contribution in [0.5, 0.6) is 0 Å². The molecule has 0 saturated carbocycles. The molecule has 0 aromatic carbocycles. The molecule has 0 bridgehead atoms. The fraction of sp³-hybridized carbons (Fsp3) is 0.0667. The molecule has 0 aliphatic heterocycles. The van der Waals surface area contributed by atoms with Gasteiger partial charge in [-0.05, 0) is 29.3 Å². The Morgan fingerprint density at radius 1 is 1.06 bits per heavy atom. The maximum absolute atomic E-state index is 4.42. The van der Waals surface area contributed by atoms with Crippen molar-refractivity contribution >= 4 is 11.2 Å². The van der Waals surface area contributed by atoms with Crippen LogP contribution in [0.4, 0.5) is 0 Å². The first kappa shape index (κ1) is 9.59.